The molecule has 0 saturated heterocycles. The minimum atomic E-state index is -2.67. The molecule has 3 heteroatoms. The normalized spacial score (nSPS) is 18.9. The van der Waals surface area contributed by atoms with Crippen LogP contribution in [0.3, 0.4) is 0 Å². The maximum Gasteiger partial charge on any atom is 0.269 e. The maximum atomic E-state index is 12.6. The van der Waals surface area contributed by atoms with Crippen molar-refractivity contribution in [1.29, 1.82) is 0 Å². The lowest BCUT2D eigenvalue weighted by molar-refractivity contribution is 0.548. The van der Waals surface area contributed by atoms with E-state index in [4.69, 9.17) is 0 Å². The Labute approximate surface area is 87.5 Å². The molecule has 84 valence electrons. The summed E-state index contributed by atoms with van der Waals surface area (Å²) >= 11 is 0. The second kappa shape index (κ2) is 6.71. The van der Waals surface area contributed by atoms with E-state index < -0.39 is 8.54 Å². The van der Waals surface area contributed by atoms with Gasteiger partial charge in [-0.15, -0.1) is 0 Å². The number of hydrogen-bond donors (Lipinski definition) is 0. The lowest BCUT2D eigenvalue weighted by Gasteiger charge is -2.13. The highest BCUT2D eigenvalue weighted by molar-refractivity contribution is 7.47. The number of hydrogen-bond acceptors (Lipinski definition) is 0. The molecule has 1 fully saturated rings. The number of halogens is 2. The highest BCUT2D eigenvalue weighted by atomic mass is 31.2. The molecule has 1 rings (SSSR count). The molecule has 1 aliphatic carbocycles. The van der Waals surface area contributed by atoms with Crippen LogP contribution in [0.25, 0.3) is 0 Å². The third-order valence-electron chi connectivity index (χ3n) is 3.02. The summed E-state index contributed by atoms with van der Waals surface area (Å²) in [5, 5.41) is 0. The Morgan fingerprint density at radius 3 is 2.29 bits per heavy atom. The molecule has 0 radical (unpaired) electrons. The Morgan fingerprint density at radius 2 is 1.79 bits per heavy atom. The van der Waals surface area contributed by atoms with Gasteiger partial charge in [0.2, 0.25) is 0 Å². The predicted octanol–water partition coefficient (Wildman–Crippen LogP) is 5.38. The van der Waals surface area contributed by atoms with Gasteiger partial charge in [-0.3, -0.25) is 0 Å². The summed E-state index contributed by atoms with van der Waals surface area (Å²) < 4.78 is 25.3. The van der Waals surface area contributed by atoms with Crippen LogP contribution in [-0.2, 0) is 0 Å². The lowest BCUT2D eigenvalue weighted by atomic mass is 10.1. The number of rotatable bonds is 8. The first-order valence-electron chi connectivity index (χ1n) is 5.86. The third-order valence-corrected chi connectivity index (χ3v) is 4.20. The van der Waals surface area contributed by atoms with Crippen LogP contribution in [0, 0.1) is 5.92 Å². The van der Waals surface area contributed by atoms with Gasteiger partial charge in [-0.25, -0.2) is 0 Å². The van der Waals surface area contributed by atoms with Crippen molar-refractivity contribution >= 4 is 8.54 Å². The molecule has 14 heavy (non-hydrogen) atoms. The molecule has 0 heterocycles. The van der Waals surface area contributed by atoms with Crippen molar-refractivity contribution in [3.05, 3.63) is 0 Å². The second-order valence-electron chi connectivity index (χ2n) is 4.37. The predicted molar refractivity (Wildman–Crippen MR) is 59.0 cm³/mol. The zero-order valence-electron chi connectivity index (χ0n) is 9.01. The van der Waals surface area contributed by atoms with Crippen molar-refractivity contribution in [2.24, 2.45) is 5.92 Å². The van der Waals surface area contributed by atoms with Crippen LogP contribution < -0.4 is 0 Å². The Bertz CT molecular complexity index is 144. The van der Waals surface area contributed by atoms with Crippen LogP contribution in [0.5, 0.6) is 0 Å². The minimum Gasteiger partial charge on any atom is -0.188 e. The van der Waals surface area contributed by atoms with Crippen LogP contribution in [0.1, 0.15) is 58.3 Å². The molecular weight excluding hydrogens is 201 g/mol. The molecule has 0 aromatic carbocycles. The standard InChI is InChI=1S/C11H21F2P/c1-2-3-4-5-6-7-11(14(12)13)10-8-9-10/h10-11H,2-9H2,1H3. The van der Waals surface area contributed by atoms with E-state index in [9.17, 15) is 8.39 Å². The van der Waals surface area contributed by atoms with E-state index in [1.165, 1.54) is 19.3 Å². The topological polar surface area (TPSA) is 0 Å². The van der Waals surface area contributed by atoms with Crippen LogP contribution in [0.15, 0.2) is 0 Å². The molecule has 0 spiro atoms. The van der Waals surface area contributed by atoms with E-state index in [0.717, 1.165) is 32.1 Å². The average molecular weight is 222 g/mol. The lowest BCUT2D eigenvalue weighted by Crippen LogP contribution is -2.04. The van der Waals surface area contributed by atoms with Crippen molar-refractivity contribution in [1.82, 2.24) is 0 Å². The maximum absolute atomic E-state index is 12.6. The fourth-order valence-electron chi connectivity index (χ4n) is 1.93. The Hall–Kier alpha value is 0.290. The summed E-state index contributed by atoms with van der Waals surface area (Å²) in [5.74, 6) is 0.391. The van der Waals surface area contributed by atoms with Crippen LogP contribution in [0.4, 0.5) is 8.39 Å². The summed E-state index contributed by atoms with van der Waals surface area (Å²) in [4.78, 5) is 0. The van der Waals surface area contributed by atoms with Gasteiger partial charge in [0.05, 0.1) is 0 Å². The van der Waals surface area contributed by atoms with Gasteiger partial charge >= 0.3 is 0 Å². The highest BCUT2D eigenvalue weighted by Gasteiger charge is 2.37. The Kier molecular flexibility index (Phi) is 5.93. The fraction of sp³-hybridized carbons (Fsp3) is 1.00. The average Bonchev–Trinajstić information content (AvgIpc) is 2.94. The van der Waals surface area contributed by atoms with Gasteiger partial charge < -0.3 is 0 Å². The van der Waals surface area contributed by atoms with Crippen molar-refractivity contribution in [3.63, 3.8) is 0 Å². The molecule has 0 aromatic rings. The first kappa shape index (κ1) is 12.4. The molecule has 0 aromatic heterocycles. The van der Waals surface area contributed by atoms with Gasteiger partial charge in [-0.2, -0.15) is 8.39 Å². The molecule has 0 nitrogen and oxygen atoms in total. The van der Waals surface area contributed by atoms with E-state index in [0.29, 0.717) is 5.92 Å². The first-order chi connectivity index (χ1) is 6.75. The van der Waals surface area contributed by atoms with E-state index in [1.54, 1.807) is 0 Å². The van der Waals surface area contributed by atoms with Gasteiger partial charge in [-0.05, 0) is 25.2 Å². The van der Waals surface area contributed by atoms with Gasteiger partial charge in [-0.1, -0.05) is 39.0 Å². The van der Waals surface area contributed by atoms with Crippen molar-refractivity contribution in [2.75, 3.05) is 0 Å². The van der Waals surface area contributed by atoms with Crippen LogP contribution in [-0.4, -0.2) is 5.66 Å². The van der Waals surface area contributed by atoms with Crippen LogP contribution in [0.2, 0.25) is 0 Å². The summed E-state index contributed by atoms with van der Waals surface area (Å²) in [6.45, 7) is 2.18. The van der Waals surface area contributed by atoms with E-state index in [-0.39, 0.29) is 5.66 Å². The third kappa shape index (κ3) is 4.68. The highest BCUT2D eigenvalue weighted by Crippen LogP contribution is 2.56. The summed E-state index contributed by atoms with van der Waals surface area (Å²) in [6.07, 6.45) is 8.79. The molecule has 0 bridgehead atoms. The molecule has 1 atom stereocenters. The van der Waals surface area contributed by atoms with E-state index in [2.05, 4.69) is 6.92 Å². The summed E-state index contributed by atoms with van der Waals surface area (Å²) in [5.41, 5.74) is -0.216. The molecular formula is C11H21F2P. The zero-order valence-corrected chi connectivity index (χ0v) is 9.91. The van der Waals surface area contributed by atoms with Gasteiger partial charge in [0.25, 0.3) is 8.54 Å². The fourth-order valence-corrected chi connectivity index (χ4v) is 2.93. The SMILES string of the molecule is CCCCCCCC(C1CC1)P(F)F. The van der Waals surface area contributed by atoms with Crippen molar-refractivity contribution in [2.45, 2.75) is 63.9 Å². The van der Waals surface area contributed by atoms with Gasteiger partial charge in [0, 0.05) is 5.66 Å². The molecule has 0 amide bonds. The quantitative estimate of drug-likeness (QED) is 0.382. The van der Waals surface area contributed by atoms with Gasteiger partial charge in [0.15, 0.2) is 0 Å². The van der Waals surface area contributed by atoms with Gasteiger partial charge in [0.1, 0.15) is 0 Å². The monoisotopic (exact) mass is 222 g/mol. The summed E-state index contributed by atoms with van der Waals surface area (Å²) in [6, 6.07) is 0. The van der Waals surface area contributed by atoms with Crippen molar-refractivity contribution in [3.8, 4) is 0 Å². The Balaban J connectivity index is 2.02. The largest absolute Gasteiger partial charge is 0.269 e. The minimum absolute atomic E-state index is 0.216. The first-order valence-corrected chi connectivity index (χ1v) is 7.05. The number of unbranched alkanes of at least 4 members (excludes halogenated alkanes) is 4. The smallest absolute Gasteiger partial charge is 0.188 e. The van der Waals surface area contributed by atoms with E-state index >= 15 is 0 Å². The molecule has 1 unspecified atom stereocenters. The molecule has 1 aliphatic rings. The Morgan fingerprint density at radius 1 is 1.14 bits per heavy atom. The molecule has 0 aliphatic heterocycles. The van der Waals surface area contributed by atoms with Crippen molar-refractivity contribution < 1.29 is 8.39 Å². The summed E-state index contributed by atoms with van der Waals surface area (Å²) in [7, 11) is -2.67. The molecule has 1 saturated carbocycles. The zero-order chi connectivity index (χ0) is 10.4. The van der Waals surface area contributed by atoms with Crippen LogP contribution >= 0.6 is 8.54 Å². The molecule has 0 N–H and O–H groups in total. The van der Waals surface area contributed by atoms with E-state index in [1.807, 2.05) is 0 Å². The second-order valence-corrected chi connectivity index (χ2v) is 5.55.